The highest BCUT2D eigenvalue weighted by Crippen LogP contribution is 2.42. The van der Waals surface area contributed by atoms with Crippen molar-refractivity contribution in [3.8, 4) is 44.5 Å². The van der Waals surface area contributed by atoms with Gasteiger partial charge in [-0.2, -0.15) is 0 Å². The number of nitrogen functional groups attached to an aromatic ring is 1. The lowest BCUT2D eigenvalue weighted by Gasteiger charge is -2.25. The van der Waals surface area contributed by atoms with E-state index in [2.05, 4.69) is 215 Å². The Hall–Kier alpha value is -9.95. The fourth-order valence-corrected chi connectivity index (χ4v) is 10.6. The van der Waals surface area contributed by atoms with Crippen molar-refractivity contribution in [3.05, 3.63) is 290 Å². The molecule has 3 aromatic heterocycles. The van der Waals surface area contributed by atoms with E-state index in [1.807, 2.05) is 91.0 Å². The number of rotatable bonds is 7. The van der Waals surface area contributed by atoms with Gasteiger partial charge in [0.15, 0.2) is 0 Å². The normalized spacial score (nSPS) is 10.9. The lowest BCUT2D eigenvalue weighted by molar-refractivity contribution is 0.668. The summed E-state index contributed by atoms with van der Waals surface area (Å²) in [6.45, 7) is 0. The molecule has 0 spiro atoms. The van der Waals surface area contributed by atoms with E-state index in [-0.39, 0.29) is 12.1 Å². The zero-order valence-electron chi connectivity index (χ0n) is 42.7. The van der Waals surface area contributed by atoms with Gasteiger partial charge in [-0.3, -0.25) is 4.70 Å². The van der Waals surface area contributed by atoms with Gasteiger partial charge in [0.05, 0.1) is 0 Å². The molecule has 0 saturated heterocycles. The highest BCUT2D eigenvalue weighted by Gasteiger charge is 2.18. The fraction of sp³-hybridized carbons (Fsp3) is 0.0137. The Morgan fingerprint density at radius 1 is 0.263 bits per heavy atom. The summed E-state index contributed by atoms with van der Waals surface area (Å²) >= 11 is 3.43. The van der Waals surface area contributed by atoms with E-state index in [1.165, 1.54) is 55.3 Å². The SMILES string of the molecule is Brc1ccc2c(c1)oc1ccccc12.C.F.Nc1ccc(-c2ccc(-c3ccccc3)cc2)cc1.c1ccc(-c2ccc(-c3ccc(N(c4ccc5c(c4)oc4ccccc45)c4ccc5c(c4)oc4ccccc45)cc3)cc2)cc1. The molecular weight excluding hydrogens is 1050 g/mol. The molecule has 15 rings (SSSR count). The zero-order chi connectivity index (χ0) is 52.4. The largest absolute Gasteiger partial charge is 0.456 e. The summed E-state index contributed by atoms with van der Waals surface area (Å²) in [5.41, 5.74) is 24.6. The van der Waals surface area contributed by atoms with Crippen LogP contribution in [0.1, 0.15) is 7.43 Å². The summed E-state index contributed by atoms with van der Waals surface area (Å²) in [7, 11) is 0. The first-order valence-electron chi connectivity index (χ1n) is 25.9. The van der Waals surface area contributed by atoms with Crippen molar-refractivity contribution >= 4 is 104 Å². The first-order valence-corrected chi connectivity index (χ1v) is 26.7. The zero-order valence-corrected chi connectivity index (χ0v) is 44.3. The molecule has 2 N–H and O–H groups in total. The average Bonchev–Trinajstić information content (AvgIpc) is 4.39. The lowest BCUT2D eigenvalue weighted by Crippen LogP contribution is -2.09. The number of para-hydroxylation sites is 3. The molecule has 3 heterocycles. The standard InChI is InChI=1S/C42H27NO2.C18H15N.C12H7BrO.CH4.FH/c1-2-8-28(9-3-1)29-14-16-30(17-15-29)31-18-20-32(21-19-31)43(33-22-24-37-35-10-4-6-12-39(35)44-41(37)26-33)34-23-25-38-36-11-5-7-13-40(36)45-42(38)27-34;19-18-12-10-17(11-13-18)16-8-6-15(7-9-16)14-4-2-1-3-5-14;13-8-5-6-10-9-3-1-2-4-11(9)14-12(10)7-8;;/h1-27H;1-13H,19H2;1-7H;1H4;1H. The molecule has 0 saturated carbocycles. The Morgan fingerprint density at radius 3 is 0.925 bits per heavy atom. The first kappa shape index (κ1) is 52.1. The smallest absolute Gasteiger partial charge is 0.137 e. The third kappa shape index (κ3) is 10.6. The van der Waals surface area contributed by atoms with Gasteiger partial charge in [0.1, 0.15) is 33.5 Å². The van der Waals surface area contributed by atoms with E-state index in [0.29, 0.717) is 0 Å². The number of hydrogen-bond donors (Lipinski definition) is 1. The van der Waals surface area contributed by atoms with Crippen LogP contribution in [-0.4, -0.2) is 0 Å². The monoisotopic (exact) mass is 1100 g/mol. The predicted octanol–water partition coefficient (Wildman–Crippen LogP) is 22.0. The molecule has 0 amide bonds. The van der Waals surface area contributed by atoms with Crippen LogP contribution in [0.2, 0.25) is 0 Å². The number of anilines is 4. The highest BCUT2D eigenvalue weighted by molar-refractivity contribution is 9.10. The van der Waals surface area contributed by atoms with Crippen LogP contribution in [0, 0.1) is 0 Å². The van der Waals surface area contributed by atoms with Crippen LogP contribution in [-0.2, 0) is 0 Å². The van der Waals surface area contributed by atoms with Crippen LogP contribution in [0.4, 0.5) is 27.5 Å². The van der Waals surface area contributed by atoms with Crippen molar-refractivity contribution in [1.29, 1.82) is 0 Å². The van der Waals surface area contributed by atoms with Crippen molar-refractivity contribution in [2.75, 3.05) is 10.6 Å². The Labute approximate surface area is 471 Å². The quantitative estimate of drug-likeness (QED) is 0.161. The topological polar surface area (TPSA) is 68.7 Å². The van der Waals surface area contributed by atoms with Crippen LogP contribution in [0.25, 0.3) is 110 Å². The Bertz CT molecular complexity index is 4440. The lowest BCUT2D eigenvalue weighted by atomic mass is 10.00. The summed E-state index contributed by atoms with van der Waals surface area (Å²) in [5.74, 6) is 0. The molecule has 0 aliphatic carbocycles. The van der Waals surface area contributed by atoms with E-state index >= 15 is 0 Å². The molecule has 0 bridgehead atoms. The van der Waals surface area contributed by atoms with Crippen LogP contribution in [0.3, 0.4) is 0 Å². The third-order valence-corrected chi connectivity index (χ3v) is 14.8. The first-order chi connectivity index (χ1) is 38.5. The minimum absolute atomic E-state index is 0. The van der Waals surface area contributed by atoms with Crippen LogP contribution in [0.5, 0.6) is 0 Å². The summed E-state index contributed by atoms with van der Waals surface area (Å²) in [4.78, 5) is 2.27. The van der Waals surface area contributed by atoms with Crippen molar-refractivity contribution < 1.29 is 18.0 Å². The Kier molecular flexibility index (Phi) is 14.9. The second-order valence-corrected chi connectivity index (χ2v) is 20.1. The summed E-state index contributed by atoms with van der Waals surface area (Å²) in [5, 5.41) is 6.81. The number of nitrogens with zero attached hydrogens (tertiary/aromatic N) is 1. The van der Waals surface area contributed by atoms with Crippen LogP contribution >= 0.6 is 15.9 Å². The van der Waals surface area contributed by atoms with Gasteiger partial charge < -0.3 is 23.9 Å². The molecule has 0 fully saturated rings. The maximum absolute atomic E-state index is 6.30. The molecule has 0 unspecified atom stereocenters. The Morgan fingerprint density at radius 2 is 0.537 bits per heavy atom. The number of fused-ring (bicyclic) bond motifs is 9. The molecule has 7 heteroatoms. The van der Waals surface area contributed by atoms with Crippen LogP contribution in [0.15, 0.2) is 303 Å². The molecule has 80 heavy (non-hydrogen) atoms. The average molecular weight is 1110 g/mol. The van der Waals surface area contributed by atoms with Crippen molar-refractivity contribution in [1.82, 2.24) is 0 Å². The minimum Gasteiger partial charge on any atom is -0.456 e. The Balaban J connectivity index is 0.000000158. The predicted molar refractivity (Wildman–Crippen MR) is 339 cm³/mol. The van der Waals surface area contributed by atoms with E-state index in [4.69, 9.17) is 19.0 Å². The molecule has 0 aliphatic heterocycles. The van der Waals surface area contributed by atoms with Gasteiger partial charge in [-0.05, 0) is 129 Å². The van der Waals surface area contributed by atoms with Gasteiger partial charge in [-0.1, -0.05) is 211 Å². The number of nitrogens with two attached hydrogens (primary N) is 1. The van der Waals surface area contributed by atoms with Crippen molar-refractivity contribution in [3.63, 3.8) is 0 Å². The number of hydrogen-bond acceptors (Lipinski definition) is 5. The fourth-order valence-electron chi connectivity index (χ4n) is 10.3. The molecule has 0 atom stereocenters. The van der Waals surface area contributed by atoms with Gasteiger partial charge in [-0.15, -0.1) is 0 Å². The molecule has 0 radical (unpaired) electrons. The third-order valence-electron chi connectivity index (χ3n) is 14.3. The summed E-state index contributed by atoms with van der Waals surface area (Å²) in [6.07, 6.45) is 0. The molecule has 0 aliphatic rings. The number of furan rings is 3. The van der Waals surface area contributed by atoms with Gasteiger partial charge >= 0.3 is 0 Å². The van der Waals surface area contributed by atoms with E-state index in [1.54, 1.807) is 0 Å². The van der Waals surface area contributed by atoms with E-state index in [0.717, 1.165) is 82.3 Å². The summed E-state index contributed by atoms with van der Waals surface area (Å²) in [6, 6.07) is 98.5. The van der Waals surface area contributed by atoms with Gasteiger partial charge in [0, 0.05) is 71.7 Å². The van der Waals surface area contributed by atoms with E-state index in [9.17, 15) is 0 Å². The number of benzene rings is 12. The van der Waals surface area contributed by atoms with Gasteiger partial charge in [0.25, 0.3) is 0 Å². The summed E-state index contributed by atoms with van der Waals surface area (Å²) < 4.78 is 19.3. The molecule has 15 aromatic rings. The number of halogens is 2. The molecular formula is C73H54BrFN2O3. The molecule has 12 aromatic carbocycles. The minimum atomic E-state index is 0. The van der Waals surface area contributed by atoms with Gasteiger partial charge in [0.2, 0.25) is 0 Å². The molecule has 5 nitrogen and oxygen atoms in total. The van der Waals surface area contributed by atoms with Crippen LogP contribution < -0.4 is 10.6 Å². The second-order valence-electron chi connectivity index (χ2n) is 19.2. The maximum Gasteiger partial charge on any atom is 0.137 e. The molecule has 388 valence electrons. The second kappa shape index (κ2) is 22.9. The van der Waals surface area contributed by atoms with E-state index < -0.39 is 0 Å². The highest BCUT2D eigenvalue weighted by atomic mass is 79.9. The maximum atomic E-state index is 6.30. The van der Waals surface area contributed by atoms with Gasteiger partial charge in [-0.25, -0.2) is 0 Å². The van der Waals surface area contributed by atoms with Crippen molar-refractivity contribution in [2.24, 2.45) is 0 Å². The van der Waals surface area contributed by atoms with Crippen molar-refractivity contribution in [2.45, 2.75) is 7.43 Å².